The van der Waals surface area contributed by atoms with Gasteiger partial charge in [-0.3, -0.25) is 4.98 Å². The Morgan fingerprint density at radius 2 is 1.85 bits per heavy atom. The van der Waals surface area contributed by atoms with Crippen molar-refractivity contribution in [1.29, 1.82) is 0 Å². The first-order valence-electron chi connectivity index (χ1n) is 6.92. The molecule has 1 aliphatic heterocycles. The van der Waals surface area contributed by atoms with Crippen molar-refractivity contribution < 1.29 is 14.4 Å². The average molecular weight is 278 g/mol. The highest BCUT2D eigenvalue weighted by atomic mass is 16.7. The summed E-state index contributed by atoms with van der Waals surface area (Å²) in [4.78, 5) is 4.22. The molecule has 1 aromatic rings. The van der Waals surface area contributed by atoms with Gasteiger partial charge in [0.25, 0.3) is 0 Å². The van der Waals surface area contributed by atoms with Crippen LogP contribution in [0.4, 0.5) is 0 Å². The van der Waals surface area contributed by atoms with Gasteiger partial charge in [0.2, 0.25) is 0 Å². The largest absolute Gasteiger partial charge is 0.518 e. The summed E-state index contributed by atoms with van der Waals surface area (Å²) in [6.45, 7) is 9.77. The van der Waals surface area contributed by atoms with Gasteiger partial charge in [-0.25, -0.2) is 0 Å². The van der Waals surface area contributed by atoms with E-state index in [9.17, 15) is 5.11 Å². The molecule has 0 radical (unpaired) electrons. The molecule has 0 bridgehead atoms. The van der Waals surface area contributed by atoms with Gasteiger partial charge in [0, 0.05) is 12.2 Å². The van der Waals surface area contributed by atoms with Crippen molar-refractivity contribution in [3.8, 4) is 5.75 Å². The number of aromatic nitrogens is 1. The van der Waals surface area contributed by atoms with Crippen molar-refractivity contribution in [3.05, 3.63) is 17.8 Å². The second-order valence-electron chi connectivity index (χ2n) is 6.47. The zero-order valence-electron chi connectivity index (χ0n) is 12.8. The van der Waals surface area contributed by atoms with E-state index in [1.807, 2.05) is 34.6 Å². The highest BCUT2D eigenvalue weighted by Crippen LogP contribution is 2.37. The van der Waals surface area contributed by atoms with E-state index in [2.05, 4.69) is 4.98 Å². The molecule has 3 N–H and O–H groups in total. The zero-order valence-corrected chi connectivity index (χ0v) is 12.8. The summed E-state index contributed by atoms with van der Waals surface area (Å²) in [5, 5.41) is 10.4. The zero-order chi connectivity index (χ0) is 15.1. The molecule has 0 aromatic carbocycles. The lowest BCUT2D eigenvalue weighted by Crippen LogP contribution is -2.41. The fraction of sp³-hybridized carbons (Fsp3) is 0.643. The van der Waals surface area contributed by atoms with Crippen LogP contribution in [-0.2, 0) is 15.7 Å². The Balaban J connectivity index is 2.31. The summed E-state index contributed by atoms with van der Waals surface area (Å²) in [7, 11) is -0.659. The summed E-state index contributed by atoms with van der Waals surface area (Å²) in [6, 6.07) is 1.74. The number of hydrogen-bond donors (Lipinski definition) is 2. The smallest absolute Gasteiger partial charge is 0.506 e. The number of nitrogens with zero attached hydrogens (tertiary/aromatic N) is 1. The van der Waals surface area contributed by atoms with Gasteiger partial charge >= 0.3 is 7.12 Å². The molecule has 1 unspecified atom stereocenters. The van der Waals surface area contributed by atoms with Gasteiger partial charge in [0.05, 0.1) is 11.2 Å². The van der Waals surface area contributed by atoms with Crippen molar-refractivity contribution in [1.82, 2.24) is 4.98 Å². The van der Waals surface area contributed by atoms with E-state index in [0.29, 0.717) is 12.0 Å². The van der Waals surface area contributed by atoms with Gasteiger partial charge in [-0.15, -0.1) is 0 Å². The average Bonchev–Trinajstić information content (AvgIpc) is 2.50. The Hall–Kier alpha value is -1.11. The lowest BCUT2D eigenvalue weighted by atomic mass is 9.82. The van der Waals surface area contributed by atoms with Crippen LogP contribution in [0.3, 0.4) is 0 Å². The predicted octanol–water partition coefficient (Wildman–Crippen LogP) is 0.976. The fourth-order valence-corrected chi connectivity index (χ4v) is 2.15. The molecule has 1 aromatic heterocycles. The predicted molar refractivity (Wildman–Crippen MR) is 79.0 cm³/mol. The van der Waals surface area contributed by atoms with Gasteiger partial charge in [-0.05, 0) is 52.7 Å². The Kier molecular flexibility index (Phi) is 3.84. The molecule has 1 aliphatic rings. The maximum Gasteiger partial charge on any atom is 0.518 e. The van der Waals surface area contributed by atoms with E-state index in [-0.39, 0.29) is 11.8 Å². The van der Waals surface area contributed by atoms with E-state index in [1.165, 1.54) is 0 Å². The molecule has 110 valence electrons. The quantitative estimate of drug-likeness (QED) is 0.806. The van der Waals surface area contributed by atoms with Crippen LogP contribution in [0.15, 0.2) is 12.3 Å². The van der Waals surface area contributed by atoms with Gasteiger partial charge in [-0.2, -0.15) is 0 Å². The summed E-state index contributed by atoms with van der Waals surface area (Å²) in [5.74, 6) is 0.114. The molecule has 2 rings (SSSR count). The minimum atomic E-state index is -0.659. The third-order valence-electron chi connectivity index (χ3n) is 4.05. The van der Waals surface area contributed by atoms with E-state index >= 15 is 0 Å². The Morgan fingerprint density at radius 1 is 1.30 bits per heavy atom. The SMILES string of the molecule is CC(N)Cc1ccnc(B2OC(C)(C)C(C)(C)O2)c1O. The minimum absolute atomic E-state index is 0.0329. The van der Waals surface area contributed by atoms with Crippen LogP contribution in [0.2, 0.25) is 0 Å². The lowest BCUT2D eigenvalue weighted by Gasteiger charge is -2.32. The summed E-state index contributed by atoms with van der Waals surface area (Å²) in [5.41, 5.74) is 6.06. The van der Waals surface area contributed by atoms with Crippen LogP contribution < -0.4 is 11.3 Å². The number of nitrogens with two attached hydrogens (primary N) is 1. The number of hydrogen-bond acceptors (Lipinski definition) is 5. The van der Waals surface area contributed by atoms with Gasteiger partial charge in [0.1, 0.15) is 11.3 Å². The molecule has 0 spiro atoms. The lowest BCUT2D eigenvalue weighted by molar-refractivity contribution is 0.00578. The summed E-state index contributed by atoms with van der Waals surface area (Å²) < 4.78 is 11.8. The van der Waals surface area contributed by atoms with Crippen LogP contribution in [-0.4, -0.2) is 34.5 Å². The Labute approximate surface area is 120 Å². The third kappa shape index (κ3) is 2.68. The van der Waals surface area contributed by atoms with E-state index in [1.54, 1.807) is 12.3 Å². The van der Waals surface area contributed by atoms with Crippen LogP contribution in [0.5, 0.6) is 5.75 Å². The molecule has 1 atom stereocenters. The van der Waals surface area contributed by atoms with Gasteiger partial charge < -0.3 is 20.1 Å². The van der Waals surface area contributed by atoms with E-state index in [4.69, 9.17) is 15.0 Å². The van der Waals surface area contributed by atoms with Crippen molar-refractivity contribution in [3.63, 3.8) is 0 Å². The Morgan fingerprint density at radius 3 is 2.35 bits per heavy atom. The highest BCUT2D eigenvalue weighted by molar-refractivity contribution is 6.62. The normalized spacial score (nSPS) is 22.0. The number of pyridine rings is 1. The molecule has 0 aliphatic carbocycles. The van der Waals surface area contributed by atoms with Crippen molar-refractivity contribution in [2.75, 3.05) is 0 Å². The Bertz CT molecular complexity index is 487. The molecule has 1 fully saturated rings. The first-order valence-corrected chi connectivity index (χ1v) is 6.92. The van der Waals surface area contributed by atoms with Crippen LogP contribution in [0, 0.1) is 0 Å². The molecule has 1 saturated heterocycles. The summed E-state index contributed by atoms with van der Waals surface area (Å²) in [6.07, 6.45) is 2.23. The monoisotopic (exact) mass is 278 g/mol. The first-order chi connectivity index (χ1) is 9.14. The first kappa shape index (κ1) is 15.3. The highest BCUT2D eigenvalue weighted by Gasteiger charge is 2.53. The van der Waals surface area contributed by atoms with Crippen molar-refractivity contribution in [2.45, 2.75) is 58.3 Å². The summed E-state index contributed by atoms with van der Waals surface area (Å²) >= 11 is 0. The topological polar surface area (TPSA) is 77.6 Å². The fourth-order valence-electron chi connectivity index (χ4n) is 2.15. The standard InChI is InChI=1S/C14H23BN2O3/c1-9(16)8-10-6-7-17-12(11(10)18)15-19-13(2,3)14(4,5)20-15/h6-7,9,18H,8,16H2,1-5H3. The molecule has 0 saturated carbocycles. The van der Waals surface area contributed by atoms with Crippen LogP contribution in [0.1, 0.15) is 40.2 Å². The van der Waals surface area contributed by atoms with Gasteiger partial charge in [-0.1, -0.05) is 0 Å². The van der Waals surface area contributed by atoms with E-state index in [0.717, 1.165) is 5.56 Å². The van der Waals surface area contributed by atoms with Crippen LogP contribution >= 0.6 is 0 Å². The minimum Gasteiger partial charge on any atom is -0.506 e. The van der Waals surface area contributed by atoms with Crippen LogP contribution in [0.25, 0.3) is 0 Å². The maximum absolute atomic E-state index is 10.4. The molecule has 6 heteroatoms. The molecule has 20 heavy (non-hydrogen) atoms. The molecule has 2 heterocycles. The van der Waals surface area contributed by atoms with E-state index < -0.39 is 18.3 Å². The third-order valence-corrected chi connectivity index (χ3v) is 4.05. The molecular formula is C14H23BN2O3. The molecular weight excluding hydrogens is 255 g/mol. The number of rotatable bonds is 3. The molecule has 5 nitrogen and oxygen atoms in total. The second kappa shape index (κ2) is 5.02. The number of aromatic hydroxyl groups is 1. The van der Waals surface area contributed by atoms with Gasteiger partial charge in [0.15, 0.2) is 0 Å². The van der Waals surface area contributed by atoms with Crippen molar-refractivity contribution in [2.24, 2.45) is 5.73 Å². The maximum atomic E-state index is 10.4. The molecule has 0 amide bonds. The van der Waals surface area contributed by atoms with Crippen molar-refractivity contribution >= 4 is 12.7 Å². The second-order valence-corrected chi connectivity index (χ2v) is 6.47.